The zero-order valence-electron chi connectivity index (χ0n) is 21.1. The highest BCUT2D eigenvalue weighted by molar-refractivity contribution is 6.40. The fraction of sp³-hybridized carbons (Fsp3) is 0.308. The molecule has 1 aliphatic heterocycles. The van der Waals surface area contributed by atoms with Gasteiger partial charge in [0, 0.05) is 37.9 Å². The molecule has 1 atom stereocenters. The molecule has 2 amide bonds. The molecule has 0 saturated heterocycles. The van der Waals surface area contributed by atoms with Crippen molar-refractivity contribution in [1.29, 1.82) is 0 Å². The Morgan fingerprint density at radius 2 is 1.97 bits per heavy atom. The number of nitrogens with one attached hydrogen (secondary N) is 1. The maximum Gasteiger partial charge on any atom is 0.326 e. The third-order valence-electron chi connectivity index (χ3n) is 6.61. The molecule has 0 aliphatic carbocycles. The Labute approximate surface area is 233 Å². The second-order valence-corrected chi connectivity index (χ2v) is 10.4. The number of aliphatic carboxylic acids is 1. The summed E-state index contributed by atoms with van der Waals surface area (Å²) in [5.41, 5.74) is 2.96. The summed E-state index contributed by atoms with van der Waals surface area (Å²) in [5, 5.41) is 24.8. The highest BCUT2D eigenvalue weighted by atomic mass is 35.5. The average Bonchev–Trinajstić information content (AvgIpc) is 3.55. The number of halogens is 2. The molecule has 0 fully saturated rings. The number of pyridine rings is 1. The molecule has 5 rings (SSSR count). The molecule has 3 aromatic heterocycles. The van der Waals surface area contributed by atoms with E-state index >= 15 is 0 Å². The number of hydrogen-bond acceptors (Lipinski definition) is 6. The lowest BCUT2D eigenvalue weighted by atomic mass is 9.96. The Morgan fingerprint density at radius 3 is 2.67 bits per heavy atom. The summed E-state index contributed by atoms with van der Waals surface area (Å²) in [6, 6.07) is 7.69. The number of carboxylic acids is 1. The Morgan fingerprint density at radius 1 is 1.18 bits per heavy atom. The van der Waals surface area contributed by atoms with E-state index in [1.165, 1.54) is 0 Å². The highest BCUT2D eigenvalue weighted by Crippen LogP contribution is 2.35. The van der Waals surface area contributed by atoms with Crippen molar-refractivity contribution >= 4 is 46.5 Å². The van der Waals surface area contributed by atoms with E-state index in [9.17, 15) is 19.5 Å². The number of carbonyl (C=O) groups excluding carboxylic acids is 2. The number of aromatic nitrogens is 5. The third kappa shape index (κ3) is 5.32. The molecule has 0 unspecified atom stereocenters. The standard InChI is InChI=1S/C26H25Cl2N7O4/c1-14(2)35-13-16(30-32-35)10-21(26(38)39)29-24(36)22-19(27)9-15-12-33(8-6-18(15)23(22)28)25(37)20-11-17-5-3-4-7-34(17)31-20/h3-5,7,9,11,13-14,21H,6,8,10,12H2,1-2H3,(H,29,36)(H,38,39)/t21-/m0/s1. The largest absolute Gasteiger partial charge is 0.480 e. The molecule has 11 nitrogen and oxygen atoms in total. The van der Waals surface area contributed by atoms with E-state index < -0.39 is 17.9 Å². The first-order chi connectivity index (χ1) is 18.6. The number of hydrogen-bond donors (Lipinski definition) is 2. The Bertz CT molecular complexity index is 1560. The molecule has 39 heavy (non-hydrogen) atoms. The van der Waals surface area contributed by atoms with Crippen LogP contribution in [0.25, 0.3) is 5.52 Å². The topological polar surface area (TPSA) is 135 Å². The van der Waals surface area contributed by atoms with Crippen molar-refractivity contribution in [3.63, 3.8) is 0 Å². The number of fused-ring (bicyclic) bond motifs is 2. The number of benzene rings is 1. The summed E-state index contributed by atoms with van der Waals surface area (Å²) >= 11 is 13.1. The molecule has 4 heterocycles. The lowest BCUT2D eigenvalue weighted by molar-refractivity contribution is -0.139. The van der Waals surface area contributed by atoms with E-state index in [0.717, 1.165) is 5.52 Å². The molecule has 202 valence electrons. The zero-order chi connectivity index (χ0) is 27.8. The van der Waals surface area contributed by atoms with Crippen molar-refractivity contribution < 1.29 is 19.5 Å². The van der Waals surface area contributed by atoms with Gasteiger partial charge in [0.2, 0.25) is 0 Å². The van der Waals surface area contributed by atoms with E-state index in [1.807, 2.05) is 32.0 Å². The average molecular weight is 570 g/mol. The normalized spacial score (nSPS) is 13.9. The van der Waals surface area contributed by atoms with Crippen molar-refractivity contribution in [1.82, 2.24) is 34.8 Å². The van der Waals surface area contributed by atoms with Crippen LogP contribution in [0.1, 0.15) is 57.6 Å². The summed E-state index contributed by atoms with van der Waals surface area (Å²) < 4.78 is 3.25. The Kier molecular flexibility index (Phi) is 7.28. The summed E-state index contributed by atoms with van der Waals surface area (Å²) in [7, 11) is 0. The van der Waals surface area contributed by atoms with Crippen LogP contribution in [-0.4, -0.2) is 65.0 Å². The van der Waals surface area contributed by atoms with Crippen LogP contribution in [-0.2, 0) is 24.2 Å². The van der Waals surface area contributed by atoms with Crippen molar-refractivity contribution in [2.75, 3.05) is 6.54 Å². The predicted octanol–water partition coefficient (Wildman–Crippen LogP) is 3.44. The molecular formula is C26H25Cl2N7O4. The van der Waals surface area contributed by atoms with E-state index in [1.54, 1.807) is 38.6 Å². The van der Waals surface area contributed by atoms with Gasteiger partial charge in [-0.25, -0.2) is 14.0 Å². The second kappa shape index (κ2) is 10.7. The van der Waals surface area contributed by atoms with Crippen LogP contribution in [0.15, 0.2) is 42.7 Å². The number of rotatable bonds is 7. The first kappa shape index (κ1) is 26.6. The van der Waals surface area contributed by atoms with Gasteiger partial charge in [-0.1, -0.05) is 34.5 Å². The van der Waals surface area contributed by atoms with Gasteiger partial charge in [0.25, 0.3) is 11.8 Å². The zero-order valence-corrected chi connectivity index (χ0v) is 22.6. The van der Waals surface area contributed by atoms with Crippen LogP contribution >= 0.6 is 23.2 Å². The highest BCUT2D eigenvalue weighted by Gasteiger charge is 2.30. The van der Waals surface area contributed by atoms with Crippen molar-refractivity contribution in [2.45, 2.75) is 45.3 Å². The third-order valence-corrected chi connectivity index (χ3v) is 7.33. The van der Waals surface area contributed by atoms with Gasteiger partial charge in [0.1, 0.15) is 6.04 Å². The molecule has 1 aliphatic rings. The van der Waals surface area contributed by atoms with E-state index in [0.29, 0.717) is 35.5 Å². The summed E-state index contributed by atoms with van der Waals surface area (Å²) in [5.74, 6) is -2.16. The van der Waals surface area contributed by atoms with Gasteiger partial charge in [-0.05, 0) is 55.7 Å². The number of amides is 2. The monoisotopic (exact) mass is 569 g/mol. The van der Waals surface area contributed by atoms with Crippen LogP contribution in [0.5, 0.6) is 0 Å². The fourth-order valence-corrected chi connectivity index (χ4v) is 5.30. The number of carboxylic acid groups (broad SMARTS) is 1. The van der Waals surface area contributed by atoms with Crippen LogP contribution in [0.4, 0.5) is 0 Å². The minimum absolute atomic E-state index is 0.00528. The lowest BCUT2D eigenvalue weighted by Gasteiger charge is -2.30. The van der Waals surface area contributed by atoms with Gasteiger partial charge in [0.15, 0.2) is 5.69 Å². The number of nitrogens with zero attached hydrogens (tertiary/aromatic N) is 6. The van der Waals surface area contributed by atoms with Crippen LogP contribution in [0.2, 0.25) is 10.0 Å². The second-order valence-electron chi connectivity index (χ2n) is 9.61. The molecular weight excluding hydrogens is 545 g/mol. The van der Waals surface area contributed by atoms with Gasteiger partial charge in [0.05, 0.1) is 26.8 Å². The molecule has 2 N–H and O–H groups in total. The summed E-state index contributed by atoms with van der Waals surface area (Å²) in [6.07, 6.45) is 3.75. The van der Waals surface area contributed by atoms with Crippen molar-refractivity contribution in [3.05, 3.63) is 80.8 Å². The predicted molar refractivity (Wildman–Crippen MR) is 143 cm³/mol. The van der Waals surface area contributed by atoms with Crippen molar-refractivity contribution in [3.8, 4) is 0 Å². The Balaban J connectivity index is 1.33. The van der Waals surface area contributed by atoms with Gasteiger partial charge in [-0.2, -0.15) is 5.10 Å². The molecule has 0 spiro atoms. The minimum Gasteiger partial charge on any atom is -0.480 e. The first-order valence-corrected chi connectivity index (χ1v) is 13.1. The maximum absolute atomic E-state index is 13.2. The van der Waals surface area contributed by atoms with Crippen LogP contribution < -0.4 is 5.32 Å². The van der Waals surface area contributed by atoms with E-state index in [2.05, 4.69) is 20.7 Å². The van der Waals surface area contributed by atoms with E-state index in [-0.39, 0.29) is 40.5 Å². The molecule has 1 aromatic carbocycles. The molecule has 4 aromatic rings. The molecule has 13 heteroatoms. The van der Waals surface area contributed by atoms with Gasteiger partial charge < -0.3 is 15.3 Å². The summed E-state index contributed by atoms with van der Waals surface area (Å²) in [6.45, 7) is 4.45. The smallest absolute Gasteiger partial charge is 0.326 e. The molecule has 0 bridgehead atoms. The van der Waals surface area contributed by atoms with Gasteiger partial charge >= 0.3 is 5.97 Å². The minimum atomic E-state index is -1.27. The quantitative estimate of drug-likeness (QED) is 0.348. The maximum atomic E-state index is 13.2. The van der Waals surface area contributed by atoms with Crippen LogP contribution in [0.3, 0.4) is 0 Å². The molecule has 0 radical (unpaired) electrons. The van der Waals surface area contributed by atoms with Gasteiger partial charge in [-0.3, -0.25) is 9.59 Å². The molecule has 0 saturated carbocycles. The first-order valence-electron chi connectivity index (χ1n) is 12.3. The van der Waals surface area contributed by atoms with Crippen LogP contribution in [0, 0.1) is 0 Å². The summed E-state index contributed by atoms with van der Waals surface area (Å²) in [4.78, 5) is 39.9. The van der Waals surface area contributed by atoms with Crippen molar-refractivity contribution in [2.24, 2.45) is 0 Å². The number of carbonyl (C=O) groups is 3. The SMILES string of the molecule is CC(C)n1cc(C[C@H](NC(=O)c2c(Cl)cc3c(c2Cl)CCN(C(=O)c2cc4ccccn4n2)C3)C(=O)O)nn1. The van der Waals surface area contributed by atoms with Gasteiger partial charge in [-0.15, -0.1) is 5.10 Å². The lowest BCUT2D eigenvalue weighted by Crippen LogP contribution is -2.43. The Hall–Kier alpha value is -3.96. The van der Waals surface area contributed by atoms with E-state index in [4.69, 9.17) is 23.2 Å². The fourth-order valence-electron chi connectivity index (χ4n) is 4.54.